The van der Waals surface area contributed by atoms with Crippen molar-refractivity contribution in [3.05, 3.63) is 70.8 Å². The molecule has 2 N–H and O–H groups in total. The summed E-state index contributed by atoms with van der Waals surface area (Å²) >= 11 is 0. The molecular formula is C29H32F2N6O2. The number of amides is 1. The van der Waals surface area contributed by atoms with Gasteiger partial charge in [-0.25, -0.2) is 23.7 Å². The van der Waals surface area contributed by atoms with Gasteiger partial charge in [-0.1, -0.05) is 18.8 Å². The average Bonchev–Trinajstić information content (AvgIpc) is 2.91. The highest BCUT2D eigenvalue weighted by molar-refractivity contribution is 5.95. The maximum atomic E-state index is 15.3. The number of hydrogen-bond donors (Lipinski definition) is 2. The number of nitrogens with zero attached hydrogens (tertiary/aromatic N) is 5. The Kier molecular flexibility index (Phi) is 8.53. The average molecular weight is 535 g/mol. The Morgan fingerprint density at radius 3 is 2.33 bits per heavy atom. The number of hydrogen-bond acceptors (Lipinski definition) is 7. The van der Waals surface area contributed by atoms with Gasteiger partial charge in [0.25, 0.3) is 5.91 Å². The predicted molar refractivity (Wildman–Crippen MR) is 145 cm³/mol. The summed E-state index contributed by atoms with van der Waals surface area (Å²) in [5, 5.41) is 13.0. The first kappa shape index (κ1) is 28.1. The van der Waals surface area contributed by atoms with Crippen molar-refractivity contribution in [2.45, 2.75) is 32.8 Å². The van der Waals surface area contributed by atoms with Gasteiger partial charge in [0.15, 0.2) is 0 Å². The summed E-state index contributed by atoms with van der Waals surface area (Å²) in [5.41, 5.74) is 0.744. The molecule has 3 heterocycles. The van der Waals surface area contributed by atoms with Crippen LogP contribution in [0.3, 0.4) is 0 Å². The fourth-order valence-electron chi connectivity index (χ4n) is 4.52. The van der Waals surface area contributed by atoms with Crippen molar-refractivity contribution in [1.29, 1.82) is 0 Å². The maximum Gasteiger partial charge on any atom is 0.259 e. The highest BCUT2D eigenvalue weighted by Gasteiger charge is 2.29. The quantitative estimate of drug-likeness (QED) is 0.469. The molecule has 0 saturated carbocycles. The van der Waals surface area contributed by atoms with Crippen molar-refractivity contribution in [2.75, 3.05) is 45.1 Å². The first-order valence-corrected chi connectivity index (χ1v) is 12.8. The summed E-state index contributed by atoms with van der Waals surface area (Å²) in [7, 11) is 1.77. The lowest BCUT2D eigenvalue weighted by molar-refractivity contribution is 0.0177. The summed E-state index contributed by atoms with van der Waals surface area (Å²) in [6.07, 6.45) is 3.50. The van der Waals surface area contributed by atoms with Gasteiger partial charge < -0.3 is 15.3 Å². The third kappa shape index (κ3) is 6.74. The normalized spacial score (nSPS) is 14.1. The number of halogens is 2. The number of aryl methyl sites for hydroxylation is 1. The number of piperazine rings is 1. The van der Waals surface area contributed by atoms with Crippen LogP contribution in [0.15, 0.2) is 36.8 Å². The Labute approximate surface area is 227 Å². The molecule has 8 nitrogen and oxygen atoms in total. The standard InChI is InChI=1S/C29H32F2N6O2/c1-5-24-21(8-6-19-7-9-25(32-4)33-16-19)27(35-18-34-24)20-14-22(30)26(23(31)15-20)28(38)37-12-10-36(11-13-37)17-29(2,3)39/h7,9,14-16,18,39H,5,10-13,17H2,1-4H3,(H,32,33). The first-order valence-electron chi connectivity index (χ1n) is 12.8. The molecule has 0 unspecified atom stereocenters. The molecule has 4 rings (SSSR count). The molecule has 1 amide bonds. The molecule has 1 saturated heterocycles. The van der Waals surface area contributed by atoms with E-state index in [1.165, 1.54) is 11.2 Å². The highest BCUT2D eigenvalue weighted by Crippen LogP contribution is 2.28. The lowest BCUT2D eigenvalue weighted by atomic mass is 10.0. The number of aliphatic hydroxyl groups is 1. The minimum atomic E-state index is -0.962. The first-order chi connectivity index (χ1) is 18.6. The molecule has 204 valence electrons. The van der Waals surface area contributed by atoms with Crippen molar-refractivity contribution in [3.63, 3.8) is 0 Å². The van der Waals surface area contributed by atoms with Crippen LogP contribution in [0.4, 0.5) is 14.6 Å². The van der Waals surface area contributed by atoms with Crippen LogP contribution in [0, 0.1) is 23.5 Å². The third-order valence-electron chi connectivity index (χ3n) is 6.41. The van der Waals surface area contributed by atoms with Gasteiger partial charge in [-0.2, -0.15) is 0 Å². The van der Waals surface area contributed by atoms with Gasteiger partial charge in [-0.15, -0.1) is 0 Å². The lowest BCUT2D eigenvalue weighted by Gasteiger charge is -2.37. The minimum absolute atomic E-state index is 0.168. The molecule has 3 aromatic rings. The second-order valence-corrected chi connectivity index (χ2v) is 10.0. The number of carbonyl (C=O) groups is 1. The number of aromatic nitrogens is 3. The van der Waals surface area contributed by atoms with Gasteiger partial charge in [0.05, 0.1) is 22.6 Å². The summed E-state index contributed by atoms with van der Waals surface area (Å²) in [6, 6.07) is 5.85. The van der Waals surface area contributed by atoms with E-state index in [-0.39, 0.29) is 11.3 Å². The van der Waals surface area contributed by atoms with Gasteiger partial charge in [0.1, 0.15) is 29.3 Å². The largest absolute Gasteiger partial charge is 0.389 e. The van der Waals surface area contributed by atoms with E-state index in [1.807, 2.05) is 17.9 Å². The van der Waals surface area contributed by atoms with Crippen LogP contribution >= 0.6 is 0 Å². The Morgan fingerprint density at radius 1 is 1.08 bits per heavy atom. The van der Waals surface area contributed by atoms with Crippen LogP contribution in [0.5, 0.6) is 0 Å². The zero-order chi connectivity index (χ0) is 28.2. The monoisotopic (exact) mass is 534 g/mol. The van der Waals surface area contributed by atoms with Gasteiger partial charge in [-0.3, -0.25) is 9.69 Å². The van der Waals surface area contributed by atoms with E-state index >= 15 is 8.78 Å². The van der Waals surface area contributed by atoms with Gasteiger partial charge in [0.2, 0.25) is 0 Å². The molecule has 0 radical (unpaired) electrons. The van der Waals surface area contributed by atoms with E-state index in [0.717, 1.165) is 12.1 Å². The van der Waals surface area contributed by atoms with Crippen molar-refractivity contribution < 1.29 is 18.7 Å². The molecule has 10 heteroatoms. The van der Waals surface area contributed by atoms with E-state index in [2.05, 4.69) is 32.1 Å². The number of anilines is 1. The molecule has 2 aromatic heterocycles. The predicted octanol–water partition coefficient (Wildman–Crippen LogP) is 3.35. The lowest BCUT2D eigenvalue weighted by Crippen LogP contribution is -2.52. The second kappa shape index (κ2) is 11.8. The van der Waals surface area contributed by atoms with Crippen molar-refractivity contribution in [2.24, 2.45) is 0 Å². The molecule has 0 aliphatic carbocycles. The van der Waals surface area contributed by atoms with Gasteiger partial charge in [0, 0.05) is 57.1 Å². The highest BCUT2D eigenvalue weighted by atomic mass is 19.1. The smallest absolute Gasteiger partial charge is 0.259 e. The summed E-state index contributed by atoms with van der Waals surface area (Å²) in [4.78, 5) is 29.4. The zero-order valence-electron chi connectivity index (χ0n) is 22.6. The number of benzene rings is 1. The van der Waals surface area contributed by atoms with Gasteiger partial charge >= 0.3 is 0 Å². The van der Waals surface area contributed by atoms with E-state index in [4.69, 9.17) is 0 Å². The van der Waals surface area contributed by atoms with E-state index < -0.39 is 28.7 Å². The van der Waals surface area contributed by atoms with Crippen LogP contribution in [0.25, 0.3) is 11.3 Å². The topological polar surface area (TPSA) is 94.5 Å². The van der Waals surface area contributed by atoms with Crippen LogP contribution in [0.2, 0.25) is 0 Å². The molecule has 0 atom stereocenters. The Hall–Kier alpha value is -3.94. The van der Waals surface area contributed by atoms with Crippen LogP contribution in [-0.4, -0.2) is 81.1 Å². The molecule has 39 heavy (non-hydrogen) atoms. The summed E-state index contributed by atoms with van der Waals surface area (Å²) < 4.78 is 30.6. The molecule has 1 aromatic carbocycles. The fourth-order valence-corrected chi connectivity index (χ4v) is 4.52. The molecule has 1 aliphatic heterocycles. The van der Waals surface area contributed by atoms with E-state index in [1.54, 1.807) is 33.2 Å². The van der Waals surface area contributed by atoms with Crippen LogP contribution < -0.4 is 5.32 Å². The summed E-state index contributed by atoms with van der Waals surface area (Å²) in [5.74, 6) is 4.16. The Morgan fingerprint density at radius 2 is 1.77 bits per heavy atom. The van der Waals surface area contributed by atoms with Crippen molar-refractivity contribution in [3.8, 4) is 23.1 Å². The van der Waals surface area contributed by atoms with Crippen LogP contribution in [-0.2, 0) is 6.42 Å². The number of pyridine rings is 1. The van der Waals surface area contributed by atoms with Gasteiger partial charge in [-0.05, 0) is 44.5 Å². The molecule has 1 aliphatic rings. The fraction of sp³-hybridized carbons (Fsp3) is 0.379. The van der Waals surface area contributed by atoms with Crippen LogP contribution in [0.1, 0.15) is 48.0 Å². The maximum absolute atomic E-state index is 15.3. The van der Waals surface area contributed by atoms with Crippen molar-refractivity contribution >= 4 is 11.7 Å². The Balaban J connectivity index is 1.61. The molecule has 0 spiro atoms. The second-order valence-electron chi connectivity index (χ2n) is 10.0. The Bertz CT molecular complexity index is 1380. The zero-order valence-corrected chi connectivity index (χ0v) is 22.6. The summed E-state index contributed by atoms with van der Waals surface area (Å²) in [6.45, 7) is 7.43. The molecule has 0 bridgehead atoms. The number of β-amino-alcohol motifs (C(OH)–C–C–N with tert-alkyl or cyclic N) is 1. The molecular weight excluding hydrogens is 502 g/mol. The number of carbonyl (C=O) groups excluding carboxylic acids is 1. The minimum Gasteiger partial charge on any atom is -0.389 e. The molecule has 1 fully saturated rings. The number of nitrogens with one attached hydrogen (secondary N) is 1. The third-order valence-corrected chi connectivity index (χ3v) is 6.41. The SMILES string of the molecule is CCc1ncnc(-c2cc(F)c(C(=O)N3CCN(CC(C)(C)O)CC3)c(F)c2)c1C#Cc1ccc(NC)nc1. The van der Waals surface area contributed by atoms with Crippen molar-refractivity contribution in [1.82, 2.24) is 24.8 Å². The van der Waals surface area contributed by atoms with E-state index in [0.29, 0.717) is 61.8 Å². The number of rotatable bonds is 6. The van der Waals surface area contributed by atoms with E-state index in [9.17, 15) is 9.90 Å².